The Hall–Kier alpha value is -1.11. The second-order valence-corrected chi connectivity index (χ2v) is 3.26. The van der Waals surface area contributed by atoms with E-state index < -0.39 is 0 Å². The highest BCUT2D eigenvalue weighted by atomic mass is 35.5. The molecule has 0 spiro atoms. The molecule has 1 heterocycles. The summed E-state index contributed by atoms with van der Waals surface area (Å²) in [6.07, 6.45) is 5.54. The molecule has 0 radical (unpaired) electrons. The van der Waals surface area contributed by atoms with E-state index in [1.807, 2.05) is 0 Å². The molecule has 0 atom stereocenters. The second kappa shape index (κ2) is 4.94. The van der Waals surface area contributed by atoms with Gasteiger partial charge in [-0.2, -0.15) is 4.98 Å². The lowest BCUT2D eigenvalue weighted by molar-refractivity contribution is 0.315. The summed E-state index contributed by atoms with van der Waals surface area (Å²) in [6.45, 7) is 0.351. The van der Waals surface area contributed by atoms with E-state index in [0.717, 1.165) is 0 Å². The van der Waals surface area contributed by atoms with Crippen molar-refractivity contribution in [2.75, 3.05) is 12.3 Å². The van der Waals surface area contributed by atoms with Crippen LogP contribution in [0.15, 0.2) is 6.07 Å². The van der Waals surface area contributed by atoms with Crippen LogP contribution in [-0.4, -0.2) is 11.6 Å². The highest BCUT2D eigenvalue weighted by Crippen LogP contribution is 2.28. The highest BCUT2D eigenvalue weighted by molar-refractivity contribution is 6.36. The van der Waals surface area contributed by atoms with Gasteiger partial charge in [0.1, 0.15) is 17.4 Å². The number of rotatable bonds is 3. The molecule has 0 aliphatic rings. The molecule has 0 aliphatic carbocycles. The summed E-state index contributed by atoms with van der Waals surface area (Å²) >= 11 is 11.5. The van der Waals surface area contributed by atoms with Gasteiger partial charge >= 0.3 is 0 Å². The molecule has 0 aromatic carbocycles. The molecule has 3 nitrogen and oxygen atoms in total. The van der Waals surface area contributed by atoms with Gasteiger partial charge in [-0.05, 0) is 6.07 Å². The van der Waals surface area contributed by atoms with Crippen LogP contribution < -0.4 is 10.5 Å². The van der Waals surface area contributed by atoms with Gasteiger partial charge < -0.3 is 10.5 Å². The van der Waals surface area contributed by atoms with Crippen LogP contribution >= 0.6 is 23.2 Å². The first-order chi connectivity index (χ1) is 6.65. The molecule has 1 aromatic rings. The zero-order chi connectivity index (χ0) is 10.6. The van der Waals surface area contributed by atoms with E-state index in [1.54, 1.807) is 0 Å². The van der Waals surface area contributed by atoms with E-state index >= 15 is 0 Å². The third-order valence-corrected chi connectivity index (χ3v) is 1.98. The van der Waals surface area contributed by atoms with Crippen LogP contribution in [0.3, 0.4) is 0 Å². The van der Waals surface area contributed by atoms with Crippen LogP contribution in [0.5, 0.6) is 5.88 Å². The molecule has 0 aliphatic heterocycles. The lowest BCUT2D eigenvalue weighted by Crippen LogP contribution is -2.01. The van der Waals surface area contributed by atoms with Crippen molar-refractivity contribution >= 4 is 29.0 Å². The van der Waals surface area contributed by atoms with Gasteiger partial charge in [-0.3, -0.25) is 0 Å². The monoisotopic (exact) mass is 230 g/mol. The molecular weight excluding hydrogens is 223 g/mol. The summed E-state index contributed by atoms with van der Waals surface area (Å²) in [5.41, 5.74) is 5.47. The topological polar surface area (TPSA) is 48.1 Å². The van der Waals surface area contributed by atoms with Crippen molar-refractivity contribution in [2.45, 2.75) is 6.42 Å². The third-order valence-electron chi connectivity index (χ3n) is 1.41. The number of hydrogen-bond donors (Lipinski definition) is 1. The van der Waals surface area contributed by atoms with Gasteiger partial charge in [0.05, 0.1) is 5.02 Å². The van der Waals surface area contributed by atoms with Crippen LogP contribution in [0.4, 0.5) is 5.82 Å². The smallest absolute Gasteiger partial charge is 0.234 e. The fraction of sp³-hybridized carbons (Fsp3) is 0.222. The van der Waals surface area contributed by atoms with Crippen molar-refractivity contribution in [1.29, 1.82) is 0 Å². The van der Waals surface area contributed by atoms with E-state index in [9.17, 15) is 0 Å². The fourth-order valence-corrected chi connectivity index (χ4v) is 1.18. The molecular formula is C9H8Cl2N2O. The standard InChI is InChI=1S/C9H8Cl2N2O/c1-2-3-4-14-9-7(11)5-6(10)8(12)13-9/h1,5H,3-4H2,(H2,12,13). The minimum absolute atomic E-state index is 0.187. The van der Waals surface area contributed by atoms with Gasteiger partial charge in [0.2, 0.25) is 5.88 Å². The summed E-state index contributed by atoms with van der Waals surface area (Å²) in [7, 11) is 0. The van der Waals surface area contributed by atoms with Crippen LogP contribution in [-0.2, 0) is 0 Å². The first-order valence-corrected chi connectivity index (χ1v) is 4.58. The molecule has 1 rings (SSSR count). The van der Waals surface area contributed by atoms with Crippen LogP contribution in [0, 0.1) is 12.3 Å². The number of aromatic nitrogens is 1. The number of nitrogen functional groups attached to an aromatic ring is 1. The van der Waals surface area contributed by atoms with E-state index in [-0.39, 0.29) is 11.7 Å². The molecule has 0 unspecified atom stereocenters. The Morgan fingerprint density at radius 2 is 2.21 bits per heavy atom. The summed E-state index contributed by atoms with van der Waals surface area (Å²) in [6, 6.07) is 1.48. The molecule has 0 fully saturated rings. The molecule has 2 N–H and O–H groups in total. The molecule has 1 aromatic heterocycles. The van der Waals surface area contributed by atoms with Crippen molar-refractivity contribution in [2.24, 2.45) is 0 Å². The number of hydrogen-bond acceptors (Lipinski definition) is 3. The maximum atomic E-state index is 5.80. The van der Waals surface area contributed by atoms with Crippen LogP contribution in [0.2, 0.25) is 10.0 Å². The molecule has 5 heteroatoms. The summed E-state index contributed by atoms with van der Waals surface area (Å²) in [4.78, 5) is 3.87. The number of nitrogens with zero attached hydrogens (tertiary/aromatic N) is 1. The predicted molar refractivity (Wildman–Crippen MR) is 57.6 cm³/mol. The SMILES string of the molecule is C#CCCOc1nc(N)c(Cl)cc1Cl. The number of terminal acetylenes is 1. The Kier molecular flexibility index (Phi) is 3.87. The average Bonchev–Trinajstić information content (AvgIpc) is 2.14. The minimum Gasteiger partial charge on any atom is -0.476 e. The Labute approximate surface area is 92.2 Å². The molecule has 0 saturated heterocycles. The fourth-order valence-electron chi connectivity index (χ4n) is 0.771. The Morgan fingerprint density at radius 1 is 1.50 bits per heavy atom. The van der Waals surface area contributed by atoms with Gasteiger partial charge in [-0.25, -0.2) is 0 Å². The lowest BCUT2D eigenvalue weighted by atomic mass is 10.4. The van der Waals surface area contributed by atoms with E-state index in [2.05, 4.69) is 10.9 Å². The number of anilines is 1. The van der Waals surface area contributed by atoms with Crippen molar-refractivity contribution in [3.63, 3.8) is 0 Å². The minimum atomic E-state index is 0.187. The first kappa shape index (κ1) is 11.0. The van der Waals surface area contributed by atoms with E-state index in [4.69, 9.17) is 40.1 Å². The highest BCUT2D eigenvalue weighted by Gasteiger charge is 2.07. The Bertz CT molecular complexity index is 374. The van der Waals surface area contributed by atoms with Gasteiger partial charge in [-0.15, -0.1) is 12.3 Å². The average molecular weight is 231 g/mol. The molecule has 74 valence electrons. The number of nitrogens with two attached hydrogens (primary N) is 1. The molecule has 0 bridgehead atoms. The predicted octanol–water partition coefficient (Wildman–Crippen LogP) is 2.37. The van der Waals surface area contributed by atoms with Gasteiger partial charge in [0.25, 0.3) is 0 Å². The van der Waals surface area contributed by atoms with Crippen molar-refractivity contribution < 1.29 is 4.74 Å². The third kappa shape index (κ3) is 2.69. The number of ether oxygens (including phenoxy) is 1. The second-order valence-electron chi connectivity index (χ2n) is 2.44. The normalized spacial score (nSPS) is 9.50. The van der Waals surface area contributed by atoms with Crippen LogP contribution in [0.1, 0.15) is 6.42 Å². The van der Waals surface area contributed by atoms with E-state index in [0.29, 0.717) is 23.1 Å². The van der Waals surface area contributed by atoms with Gasteiger partial charge in [0.15, 0.2) is 0 Å². The van der Waals surface area contributed by atoms with Crippen molar-refractivity contribution in [1.82, 2.24) is 4.98 Å². The number of pyridine rings is 1. The maximum Gasteiger partial charge on any atom is 0.234 e. The van der Waals surface area contributed by atoms with E-state index in [1.165, 1.54) is 6.07 Å². The van der Waals surface area contributed by atoms with Crippen molar-refractivity contribution in [3.05, 3.63) is 16.1 Å². The van der Waals surface area contributed by atoms with Gasteiger partial charge in [0, 0.05) is 6.42 Å². The number of halogens is 2. The summed E-state index contributed by atoms with van der Waals surface area (Å²) in [5.74, 6) is 2.87. The Morgan fingerprint density at radius 3 is 2.86 bits per heavy atom. The van der Waals surface area contributed by atoms with Gasteiger partial charge in [-0.1, -0.05) is 23.2 Å². The summed E-state index contributed by atoms with van der Waals surface area (Å²) < 4.78 is 5.19. The van der Waals surface area contributed by atoms with Crippen LogP contribution in [0.25, 0.3) is 0 Å². The maximum absolute atomic E-state index is 5.80. The lowest BCUT2D eigenvalue weighted by Gasteiger charge is -2.06. The molecule has 14 heavy (non-hydrogen) atoms. The largest absolute Gasteiger partial charge is 0.476 e. The Balaban J connectivity index is 2.78. The van der Waals surface area contributed by atoms with Crippen molar-refractivity contribution in [3.8, 4) is 18.2 Å². The zero-order valence-electron chi connectivity index (χ0n) is 7.26. The first-order valence-electron chi connectivity index (χ1n) is 3.83. The quantitative estimate of drug-likeness (QED) is 0.641. The summed E-state index contributed by atoms with van der Waals surface area (Å²) in [5, 5.41) is 0.625. The zero-order valence-corrected chi connectivity index (χ0v) is 8.77. The molecule has 0 saturated carbocycles. The molecule has 0 amide bonds.